The average Bonchev–Trinajstić information content (AvgIpc) is 2.14. The minimum atomic E-state index is -0.449. The lowest BCUT2D eigenvalue weighted by atomic mass is 9.93. The van der Waals surface area contributed by atoms with Crippen molar-refractivity contribution < 1.29 is 14.3 Å². The first-order chi connectivity index (χ1) is 7.38. The molecule has 2 N–H and O–H groups in total. The molecule has 1 rings (SSSR count). The van der Waals surface area contributed by atoms with Gasteiger partial charge in [0.1, 0.15) is 12.2 Å². The maximum atomic E-state index is 11.4. The summed E-state index contributed by atoms with van der Waals surface area (Å²) in [4.78, 5) is 11.4. The molecule has 0 aromatic rings. The van der Waals surface area contributed by atoms with Gasteiger partial charge in [0.05, 0.1) is 6.10 Å². The van der Waals surface area contributed by atoms with E-state index in [0.717, 1.165) is 25.7 Å². The third-order valence-corrected chi connectivity index (χ3v) is 2.59. The van der Waals surface area contributed by atoms with Crippen LogP contribution in [0.15, 0.2) is 0 Å². The maximum absolute atomic E-state index is 11.4. The monoisotopic (exact) mass is 229 g/mol. The van der Waals surface area contributed by atoms with Crippen LogP contribution < -0.4 is 5.73 Å². The minimum absolute atomic E-state index is 0.00956. The number of carbonyl (C=O) groups excluding carboxylic acids is 1. The summed E-state index contributed by atoms with van der Waals surface area (Å²) in [6.07, 6.45) is 4.24. The summed E-state index contributed by atoms with van der Waals surface area (Å²) >= 11 is 0. The fraction of sp³-hybridized carbons (Fsp3) is 0.917. The van der Waals surface area contributed by atoms with E-state index < -0.39 is 5.60 Å². The zero-order chi connectivity index (χ0) is 12.2. The van der Waals surface area contributed by atoms with Crippen molar-refractivity contribution in [1.29, 1.82) is 0 Å². The molecule has 4 heteroatoms. The molecule has 1 aliphatic carbocycles. The van der Waals surface area contributed by atoms with E-state index in [4.69, 9.17) is 15.2 Å². The van der Waals surface area contributed by atoms with Gasteiger partial charge in [-0.25, -0.2) is 4.79 Å². The molecular formula is C12H23NO3. The van der Waals surface area contributed by atoms with E-state index in [2.05, 4.69) is 0 Å². The molecule has 0 unspecified atom stereocenters. The largest absolute Gasteiger partial charge is 0.458 e. The molecule has 0 radical (unpaired) electrons. The lowest BCUT2D eigenvalue weighted by Gasteiger charge is -2.28. The SMILES string of the molecule is CC(C)(C)OC(=O)CO[C@H]1CCCC[C@@H]1N. The Kier molecular flexibility index (Phi) is 4.74. The van der Waals surface area contributed by atoms with Crippen molar-refractivity contribution in [2.75, 3.05) is 6.61 Å². The molecule has 0 spiro atoms. The van der Waals surface area contributed by atoms with E-state index in [1.807, 2.05) is 20.8 Å². The molecule has 1 saturated carbocycles. The summed E-state index contributed by atoms with van der Waals surface area (Å²) in [5.41, 5.74) is 5.47. The quantitative estimate of drug-likeness (QED) is 0.747. The Morgan fingerprint density at radius 1 is 1.31 bits per heavy atom. The zero-order valence-corrected chi connectivity index (χ0v) is 10.5. The highest BCUT2D eigenvalue weighted by Gasteiger charge is 2.24. The summed E-state index contributed by atoms with van der Waals surface area (Å²) in [5.74, 6) is -0.315. The lowest BCUT2D eigenvalue weighted by molar-refractivity contribution is -0.163. The van der Waals surface area contributed by atoms with Crippen molar-refractivity contribution in [3.8, 4) is 0 Å². The molecule has 0 heterocycles. The van der Waals surface area contributed by atoms with Crippen molar-refractivity contribution in [3.63, 3.8) is 0 Å². The Hall–Kier alpha value is -0.610. The van der Waals surface area contributed by atoms with Crippen molar-refractivity contribution in [3.05, 3.63) is 0 Å². The highest BCUT2D eigenvalue weighted by Crippen LogP contribution is 2.19. The first-order valence-corrected chi connectivity index (χ1v) is 5.97. The lowest BCUT2D eigenvalue weighted by Crippen LogP contribution is -2.40. The smallest absolute Gasteiger partial charge is 0.332 e. The standard InChI is InChI=1S/C12H23NO3/c1-12(2,3)16-11(14)8-15-10-7-5-4-6-9(10)13/h9-10H,4-8,13H2,1-3H3/t9-,10-/m0/s1. The molecule has 0 aromatic carbocycles. The summed E-state index contributed by atoms with van der Waals surface area (Å²) in [5, 5.41) is 0. The van der Waals surface area contributed by atoms with Gasteiger partial charge in [-0.15, -0.1) is 0 Å². The van der Waals surface area contributed by atoms with Crippen LogP contribution in [0.4, 0.5) is 0 Å². The van der Waals surface area contributed by atoms with Gasteiger partial charge < -0.3 is 15.2 Å². The number of hydrogen-bond acceptors (Lipinski definition) is 4. The van der Waals surface area contributed by atoms with Crippen LogP contribution in [0.1, 0.15) is 46.5 Å². The van der Waals surface area contributed by atoms with Crippen LogP contribution in [-0.4, -0.2) is 30.3 Å². The van der Waals surface area contributed by atoms with Gasteiger partial charge >= 0.3 is 5.97 Å². The molecule has 0 saturated heterocycles. The molecule has 1 fully saturated rings. The second kappa shape index (κ2) is 5.64. The topological polar surface area (TPSA) is 61.5 Å². The molecule has 4 nitrogen and oxygen atoms in total. The summed E-state index contributed by atoms with van der Waals surface area (Å²) < 4.78 is 10.7. The average molecular weight is 229 g/mol. The van der Waals surface area contributed by atoms with Crippen molar-refractivity contribution in [1.82, 2.24) is 0 Å². The second-order valence-corrected chi connectivity index (χ2v) is 5.38. The van der Waals surface area contributed by atoms with Crippen molar-refractivity contribution in [2.45, 2.75) is 64.2 Å². The Bertz CT molecular complexity index is 235. The predicted octanol–water partition coefficient (Wildman–Crippen LogP) is 1.61. The van der Waals surface area contributed by atoms with Gasteiger partial charge in [-0.2, -0.15) is 0 Å². The zero-order valence-electron chi connectivity index (χ0n) is 10.5. The number of ether oxygens (including phenoxy) is 2. The molecule has 94 valence electrons. The van der Waals surface area contributed by atoms with Crippen molar-refractivity contribution in [2.24, 2.45) is 5.73 Å². The minimum Gasteiger partial charge on any atom is -0.458 e. The summed E-state index contributed by atoms with van der Waals surface area (Å²) in [6.45, 7) is 5.54. The number of hydrogen-bond donors (Lipinski definition) is 1. The van der Waals surface area contributed by atoms with E-state index in [1.54, 1.807) is 0 Å². The van der Waals surface area contributed by atoms with Crippen LogP contribution in [0, 0.1) is 0 Å². The van der Waals surface area contributed by atoms with Gasteiger partial charge in [0.15, 0.2) is 0 Å². The van der Waals surface area contributed by atoms with Crippen LogP contribution in [0.25, 0.3) is 0 Å². The Labute approximate surface area is 97.5 Å². The van der Waals surface area contributed by atoms with Crippen LogP contribution in [0.3, 0.4) is 0 Å². The molecule has 0 aliphatic heterocycles. The first kappa shape index (κ1) is 13.5. The first-order valence-electron chi connectivity index (χ1n) is 5.97. The summed E-state index contributed by atoms with van der Waals surface area (Å²) in [6, 6.07) is 0.0659. The highest BCUT2D eigenvalue weighted by molar-refractivity contribution is 5.71. The van der Waals surface area contributed by atoms with Gasteiger partial charge in [0.2, 0.25) is 0 Å². The maximum Gasteiger partial charge on any atom is 0.332 e. The van der Waals surface area contributed by atoms with Crippen LogP contribution in [-0.2, 0) is 14.3 Å². The van der Waals surface area contributed by atoms with E-state index in [-0.39, 0.29) is 24.7 Å². The number of nitrogens with two attached hydrogens (primary N) is 1. The van der Waals surface area contributed by atoms with Crippen LogP contribution >= 0.6 is 0 Å². The normalized spacial score (nSPS) is 26.5. The molecule has 0 aromatic heterocycles. The van der Waals surface area contributed by atoms with Gasteiger partial charge in [0.25, 0.3) is 0 Å². The molecule has 0 amide bonds. The Morgan fingerprint density at radius 3 is 2.50 bits per heavy atom. The molecule has 0 bridgehead atoms. The van der Waals surface area contributed by atoms with Crippen molar-refractivity contribution >= 4 is 5.97 Å². The van der Waals surface area contributed by atoms with Crippen LogP contribution in [0.2, 0.25) is 0 Å². The third-order valence-electron chi connectivity index (χ3n) is 2.59. The molecule has 16 heavy (non-hydrogen) atoms. The van der Waals surface area contributed by atoms with E-state index in [1.165, 1.54) is 0 Å². The third kappa shape index (κ3) is 4.94. The van der Waals surface area contributed by atoms with Gasteiger partial charge in [-0.3, -0.25) is 0 Å². The molecule has 1 aliphatic rings. The van der Waals surface area contributed by atoms with E-state index in [0.29, 0.717) is 0 Å². The summed E-state index contributed by atoms with van der Waals surface area (Å²) in [7, 11) is 0. The number of rotatable bonds is 3. The Morgan fingerprint density at radius 2 is 1.94 bits per heavy atom. The predicted molar refractivity (Wildman–Crippen MR) is 62.0 cm³/mol. The van der Waals surface area contributed by atoms with Gasteiger partial charge in [-0.1, -0.05) is 12.8 Å². The van der Waals surface area contributed by atoms with Crippen LogP contribution in [0.5, 0.6) is 0 Å². The second-order valence-electron chi connectivity index (χ2n) is 5.38. The number of carbonyl (C=O) groups is 1. The molecular weight excluding hydrogens is 206 g/mol. The van der Waals surface area contributed by atoms with Gasteiger partial charge in [0, 0.05) is 6.04 Å². The van der Waals surface area contributed by atoms with E-state index in [9.17, 15) is 4.79 Å². The van der Waals surface area contributed by atoms with Gasteiger partial charge in [-0.05, 0) is 33.6 Å². The Balaban J connectivity index is 2.25. The molecule has 2 atom stereocenters. The number of esters is 1. The fourth-order valence-corrected chi connectivity index (χ4v) is 1.88. The highest BCUT2D eigenvalue weighted by atomic mass is 16.6. The fourth-order valence-electron chi connectivity index (χ4n) is 1.88. The van der Waals surface area contributed by atoms with E-state index >= 15 is 0 Å².